The van der Waals surface area contributed by atoms with Crippen molar-refractivity contribution in [2.24, 2.45) is 0 Å². The van der Waals surface area contributed by atoms with E-state index in [1.54, 1.807) is 12.1 Å². The average Bonchev–Trinajstić information content (AvgIpc) is 3.08. The molecule has 2 heteroatoms. The standard InChI is InChI=1S/C44H48F2/c1-4-6-8-9-10-12-14-34-15-19-36(20-16-34)40-28-27-39(31-32(40)3)35-23-25-38(26-24-35)42-30-29-41(43(45)44(42)46)37-21-17-33(18-22-37)13-11-7-5-2/h15-31H,4-14H2,1-3H3. The topological polar surface area (TPSA) is 0 Å². The maximum absolute atomic E-state index is 15.4. The first-order valence-corrected chi connectivity index (χ1v) is 17.4. The van der Waals surface area contributed by atoms with Crippen molar-refractivity contribution in [2.75, 3.05) is 0 Å². The lowest BCUT2D eigenvalue weighted by molar-refractivity contribution is 0.514. The van der Waals surface area contributed by atoms with Gasteiger partial charge in [-0.25, -0.2) is 8.78 Å². The van der Waals surface area contributed by atoms with Crippen molar-refractivity contribution in [3.05, 3.63) is 131 Å². The maximum atomic E-state index is 15.4. The second-order valence-electron chi connectivity index (χ2n) is 12.8. The summed E-state index contributed by atoms with van der Waals surface area (Å²) >= 11 is 0. The molecule has 0 aliphatic rings. The predicted octanol–water partition coefficient (Wildman–Crippen LogP) is 13.6. The molecule has 0 atom stereocenters. The van der Waals surface area contributed by atoms with Crippen molar-refractivity contribution in [1.29, 1.82) is 0 Å². The fourth-order valence-corrected chi connectivity index (χ4v) is 6.40. The van der Waals surface area contributed by atoms with Crippen LogP contribution in [-0.2, 0) is 12.8 Å². The number of halogens is 2. The molecule has 0 unspecified atom stereocenters. The second-order valence-corrected chi connectivity index (χ2v) is 12.8. The van der Waals surface area contributed by atoms with E-state index in [4.69, 9.17) is 0 Å². The van der Waals surface area contributed by atoms with Crippen LogP contribution in [0.2, 0.25) is 0 Å². The van der Waals surface area contributed by atoms with Gasteiger partial charge in [-0.15, -0.1) is 0 Å². The zero-order valence-electron chi connectivity index (χ0n) is 27.8. The molecule has 0 saturated carbocycles. The Labute approximate surface area is 275 Å². The first-order chi connectivity index (χ1) is 22.5. The number of hydrogen-bond donors (Lipinski definition) is 0. The molecule has 0 nitrogen and oxygen atoms in total. The Morgan fingerprint density at radius 1 is 0.391 bits per heavy atom. The normalized spacial score (nSPS) is 11.2. The van der Waals surface area contributed by atoms with Gasteiger partial charge in [0.1, 0.15) is 0 Å². The minimum atomic E-state index is -0.810. The van der Waals surface area contributed by atoms with Crippen LogP contribution < -0.4 is 0 Å². The minimum Gasteiger partial charge on any atom is -0.203 e. The van der Waals surface area contributed by atoms with E-state index in [1.165, 1.54) is 79.2 Å². The molecule has 0 spiro atoms. The van der Waals surface area contributed by atoms with Crippen molar-refractivity contribution >= 4 is 0 Å². The largest absolute Gasteiger partial charge is 0.203 e. The molecule has 5 aromatic rings. The highest BCUT2D eigenvalue weighted by Gasteiger charge is 2.16. The molecule has 0 N–H and O–H groups in total. The highest BCUT2D eigenvalue weighted by molar-refractivity contribution is 5.77. The molecule has 5 rings (SSSR count). The highest BCUT2D eigenvalue weighted by Crippen LogP contribution is 2.34. The van der Waals surface area contributed by atoms with E-state index in [1.807, 2.05) is 48.5 Å². The summed E-state index contributed by atoms with van der Waals surface area (Å²) in [5, 5.41) is 0. The first kappa shape index (κ1) is 33.3. The van der Waals surface area contributed by atoms with E-state index in [2.05, 4.69) is 63.2 Å². The zero-order valence-corrected chi connectivity index (χ0v) is 27.8. The maximum Gasteiger partial charge on any atom is 0.167 e. The molecular weight excluding hydrogens is 566 g/mol. The van der Waals surface area contributed by atoms with Crippen molar-refractivity contribution in [3.8, 4) is 44.5 Å². The Morgan fingerprint density at radius 2 is 0.761 bits per heavy atom. The van der Waals surface area contributed by atoms with Crippen molar-refractivity contribution in [2.45, 2.75) is 91.4 Å². The number of benzene rings is 5. The molecule has 0 aromatic heterocycles. The summed E-state index contributed by atoms with van der Waals surface area (Å²) in [4.78, 5) is 0. The van der Waals surface area contributed by atoms with Crippen molar-refractivity contribution in [3.63, 3.8) is 0 Å². The first-order valence-electron chi connectivity index (χ1n) is 17.4. The SMILES string of the molecule is CCCCCCCCc1ccc(-c2ccc(-c3ccc(-c4ccc(-c5ccc(CCCCC)cc5)c(F)c4F)cc3)cc2C)cc1. The van der Waals surface area contributed by atoms with E-state index in [0.717, 1.165) is 30.4 Å². The molecule has 0 amide bonds. The van der Waals surface area contributed by atoms with Crippen LogP contribution in [0.4, 0.5) is 8.78 Å². The van der Waals surface area contributed by atoms with Gasteiger partial charge in [-0.1, -0.05) is 162 Å². The van der Waals surface area contributed by atoms with Gasteiger partial charge in [0.25, 0.3) is 0 Å². The minimum absolute atomic E-state index is 0.274. The van der Waals surface area contributed by atoms with Crippen molar-refractivity contribution in [1.82, 2.24) is 0 Å². The van der Waals surface area contributed by atoms with Gasteiger partial charge in [0.15, 0.2) is 11.6 Å². The van der Waals surface area contributed by atoms with Crippen LogP contribution in [0.1, 0.15) is 88.3 Å². The Morgan fingerprint density at radius 3 is 1.28 bits per heavy atom. The van der Waals surface area contributed by atoms with Crippen LogP contribution in [0.25, 0.3) is 44.5 Å². The summed E-state index contributed by atoms with van der Waals surface area (Å²) in [5.41, 5.74) is 10.4. The third-order valence-corrected chi connectivity index (χ3v) is 9.26. The lowest BCUT2D eigenvalue weighted by Crippen LogP contribution is -1.94. The number of aryl methyl sites for hydroxylation is 3. The van der Waals surface area contributed by atoms with Gasteiger partial charge in [0.05, 0.1) is 0 Å². The molecule has 0 aliphatic heterocycles. The van der Waals surface area contributed by atoms with Gasteiger partial charge in [-0.2, -0.15) is 0 Å². The Hall–Kier alpha value is -4.04. The molecule has 46 heavy (non-hydrogen) atoms. The van der Waals surface area contributed by atoms with E-state index in [-0.39, 0.29) is 5.56 Å². The summed E-state index contributed by atoms with van der Waals surface area (Å²) < 4.78 is 30.7. The molecule has 0 radical (unpaired) electrons. The summed E-state index contributed by atoms with van der Waals surface area (Å²) in [7, 11) is 0. The Balaban J connectivity index is 1.24. The van der Waals surface area contributed by atoms with Gasteiger partial charge < -0.3 is 0 Å². The van der Waals surface area contributed by atoms with Crippen LogP contribution in [0, 0.1) is 18.6 Å². The van der Waals surface area contributed by atoms with E-state index in [9.17, 15) is 0 Å². The van der Waals surface area contributed by atoms with Gasteiger partial charge in [-0.05, 0) is 82.7 Å². The van der Waals surface area contributed by atoms with Crippen LogP contribution in [0.5, 0.6) is 0 Å². The van der Waals surface area contributed by atoms with E-state index in [0.29, 0.717) is 16.7 Å². The lowest BCUT2D eigenvalue weighted by Gasteiger charge is -2.12. The third kappa shape index (κ3) is 8.40. The number of hydrogen-bond acceptors (Lipinski definition) is 0. The molecule has 0 saturated heterocycles. The second kappa shape index (κ2) is 16.5. The number of unbranched alkanes of at least 4 members (excludes halogenated alkanes) is 7. The van der Waals surface area contributed by atoms with Gasteiger partial charge in [0, 0.05) is 11.1 Å². The molecule has 0 bridgehead atoms. The van der Waals surface area contributed by atoms with Crippen LogP contribution in [0.15, 0.2) is 103 Å². The Kier molecular flexibility index (Phi) is 12.0. The summed E-state index contributed by atoms with van der Waals surface area (Å²) in [5.74, 6) is -1.61. The van der Waals surface area contributed by atoms with Crippen LogP contribution >= 0.6 is 0 Å². The lowest BCUT2D eigenvalue weighted by atomic mass is 9.93. The highest BCUT2D eigenvalue weighted by atomic mass is 19.2. The van der Waals surface area contributed by atoms with E-state index < -0.39 is 11.6 Å². The molecule has 0 fully saturated rings. The van der Waals surface area contributed by atoms with E-state index >= 15 is 8.78 Å². The summed E-state index contributed by atoms with van der Waals surface area (Å²) in [6.45, 7) is 6.60. The Bertz CT molecular complexity index is 1680. The van der Waals surface area contributed by atoms with Gasteiger partial charge in [-0.3, -0.25) is 0 Å². The molecule has 238 valence electrons. The zero-order chi connectivity index (χ0) is 32.3. The summed E-state index contributed by atoms with van der Waals surface area (Å²) in [6.07, 6.45) is 13.6. The quantitative estimate of drug-likeness (QED) is 0.103. The fraction of sp³-hybridized carbons (Fsp3) is 0.318. The monoisotopic (exact) mass is 614 g/mol. The number of rotatable bonds is 15. The third-order valence-electron chi connectivity index (χ3n) is 9.26. The molecule has 0 heterocycles. The predicted molar refractivity (Wildman–Crippen MR) is 193 cm³/mol. The molecule has 5 aromatic carbocycles. The van der Waals surface area contributed by atoms with Gasteiger partial charge >= 0.3 is 0 Å². The fourth-order valence-electron chi connectivity index (χ4n) is 6.40. The average molecular weight is 615 g/mol. The van der Waals surface area contributed by atoms with Crippen LogP contribution in [0.3, 0.4) is 0 Å². The molecular formula is C44H48F2. The smallest absolute Gasteiger partial charge is 0.167 e. The summed E-state index contributed by atoms with van der Waals surface area (Å²) in [6, 6.07) is 34.5. The van der Waals surface area contributed by atoms with Crippen LogP contribution in [-0.4, -0.2) is 0 Å². The van der Waals surface area contributed by atoms with Crippen molar-refractivity contribution < 1.29 is 8.78 Å². The molecule has 0 aliphatic carbocycles. The van der Waals surface area contributed by atoms with Gasteiger partial charge in [0.2, 0.25) is 0 Å².